The van der Waals surface area contributed by atoms with Crippen molar-refractivity contribution in [2.75, 3.05) is 13.7 Å². The van der Waals surface area contributed by atoms with Crippen molar-refractivity contribution in [2.24, 2.45) is 0 Å². The van der Waals surface area contributed by atoms with Gasteiger partial charge in [0.15, 0.2) is 0 Å². The van der Waals surface area contributed by atoms with Gasteiger partial charge in [0.2, 0.25) is 0 Å². The smallest absolute Gasteiger partial charge is 0.342 e. The first-order chi connectivity index (χ1) is 9.15. The fourth-order valence-electron chi connectivity index (χ4n) is 1.83. The van der Waals surface area contributed by atoms with Crippen LogP contribution in [-0.2, 0) is 4.74 Å². The fraction of sp³-hybridized carbons (Fsp3) is 0.267. The second-order valence-corrected chi connectivity index (χ2v) is 4.05. The van der Waals surface area contributed by atoms with E-state index in [-0.39, 0.29) is 5.97 Å². The normalized spacial score (nSPS) is 10.3. The third-order valence-electron chi connectivity index (χ3n) is 2.70. The van der Waals surface area contributed by atoms with Gasteiger partial charge in [-0.3, -0.25) is 0 Å². The Kier molecular flexibility index (Phi) is 3.90. The zero-order chi connectivity index (χ0) is 13.8. The van der Waals surface area contributed by atoms with Crippen LogP contribution in [0.4, 0.5) is 0 Å². The molecule has 0 amide bonds. The lowest BCUT2D eigenvalue weighted by molar-refractivity contribution is 0.0527. The lowest BCUT2D eigenvalue weighted by Gasteiger charge is -2.04. The summed E-state index contributed by atoms with van der Waals surface area (Å²) in [5.41, 5.74) is 1.27. The summed E-state index contributed by atoms with van der Waals surface area (Å²) in [6.45, 7) is 3.92. The molecule has 100 valence electrons. The van der Waals surface area contributed by atoms with Crippen LogP contribution >= 0.6 is 0 Å². The molecule has 0 fully saturated rings. The Morgan fingerprint density at radius 2 is 1.95 bits per heavy atom. The van der Waals surface area contributed by atoms with Crippen molar-refractivity contribution < 1.29 is 18.7 Å². The average molecular weight is 260 g/mol. The summed E-state index contributed by atoms with van der Waals surface area (Å²) in [6, 6.07) is 9.03. The van der Waals surface area contributed by atoms with E-state index in [4.69, 9.17) is 13.9 Å². The van der Waals surface area contributed by atoms with Crippen LogP contribution < -0.4 is 4.74 Å². The number of hydrogen-bond acceptors (Lipinski definition) is 4. The summed E-state index contributed by atoms with van der Waals surface area (Å²) >= 11 is 0. The van der Waals surface area contributed by atoms with Crippen molar-refractivity contribution in [3.05, 3.63) is 41.7 Å². The molecule has 1 aromatic carbocycles. The number of rotatable bonds is 4. The number of esters is 1. The highest BCUT2D eigenvalue weighted by molar-refractivity contribution is 5.96. The second-order valence-electron chi connectivity index (χ2n) is 4.05. The molecule has 0 spiro atoms. The highest BCUT2D eigenvalue weighted by Crippen LogP contribution is 2.29. The summed E-state index contributed by atoms with van der Waals surface area (Å²) in [4.78, 5) is 11.9. The van der Waals surface area contributed by atoms with Gasteiger partial charge in [-0.05, 0) is 44.2 Å². The number of methoxy groups -OCH3 is 1. The van der Waals surface area contributed by atoms with Crippen LogP contribution in [0.5, 0.6) is 5.75 Å². The van der Waals surface area contributed by atoms with Gasteiger partial charge in [0, 0.05) is 5.56 Å². The number of ether oxygens (including phenoxy) is 2. The highest BCUT2D eigenvalue weighted by atomic mass is 16.5. The zero-order valence-electron chi connectivity index (χ0n) is 11.2. The quantitative estimate of drug-likeness (QED) is 0.790. The summed E-state index contributed by atoms with van der Waals surface area (Å²) in [5, 5.41) is 0. The Morgan fingerprint density at radius 3 is 2.53 bits per heavy atom. The molecule has 2 rings (SSSR count). The van der Waals surface area contributed by atoms with E-state index in [0.717, 1.165) is 11.3 Å². The summed E-state index contributed by atoms with van der Waals surface area (Å²) < 4.78 is 15.7. The van der Waals surface area contributed by atoms with Gasteiger partial charge in [0.1, 0.15) is 22.8 Å². The van der Waals surface area contributed by atoms with Crippen molar-refractivity contribution in [2.45, 2.75) is 13.8 Å². The first-order valence-corrected chi connectivity index (χ1v) is 6.07. The largest absolute Gasteiger partial charge is 0.497 e. The van der Waals surface area contributed by atoms with Gasteiger partial charge in [-0.2, -0.15) is 0 Å². The molecule has 0 N–H and O–H groups in total. The van der Waals surface area contributed by atoms with Crippen molar-refractivity contribution in [1.29, 1.82) is 0 Å². The molecule has 4 nitrogen and oxygen atoms in total. The minimum atomic E-state index is -0.370. The summed E-state index contributed by atoms with van der Waals surface area (Å²) in [7, 11) is 1.61. The van der Waals surface area contributed by atoms with Crippen molar-refractivity contribution in [1.82, 2.24) is 0 Å². The number of carbonyl (C=O) groups is 1. The van der Waals surface area contributed by atoms with Gasteiger partial charge >= 0.3 is 5.97 Å². The first-order valence-electron chi connectivity index (χ1n) is 6.07. The van der Waals surface area contributed by atoms with Crippen molar-refractivity contribution >= 4 is 5.97 Å². The molecule has 0 saturated heterocycles. The number of hydrogen-bond donors (Lipinski definition) is 0. The second kappa shape index (κ2) is 5.61. The Labute approximate surface area is 111 Å². The van der Waals surface area contributed by atoms with Gasteiger partial charge < -0.3 is 13.9 Å². The van der Waals surface area contributed by atoms with Crippen LogP contribution in [0.15, 0.2) is 34.7 Å². The lowest BCUT2D eigenvalue weighted by atomic mass is 10.1. The monoisotopic (exact) mass is 260 g/mol. The van der Waals surface area contributed by atoms with Crippen LogP contribution in [0.1, 0.15) is 23.0 Å². The molecule has 0 bridgehead atoms. The first kappa shape index (κ1) is 13.2. The maximum atomic E-state index is 11.9. The Bertz CT molecular complexity index is 566. The van der Waals surface area contributed by atoms with E-state index < -0.39 is 0 Å². The average Bonchev–Trinajstić information content (AvgIpc) is 2.81. The zero-order valence-corrected chi connectivity index (χ0v) is 11.2. The summed E-state index contributed by atoms with van der Waals surface area (Å²) in [6.07, 6.45) is 0. The molecule has 0 aliphatic heterocycles. The van der Waals surface area contributed by atoms with Crippen LogP contribution in [0, 0.1) is 6.92 Å². The van der Waals surface area contributed by atoms with Gasteiger partial charge in [0.25, 0.3) is 0 Å². The molecule has 0 aliphatic rings. The molecular formula is C15H16O4. The van der Waals surface area contributed by atoms with E-state index in [2.05, 4.69) is 0 Å². The molecular weight excluding hydrogens is 244 g/mol. The van der Waals surface area contributed by atoms with Crippen LogP contribution in [0.25, 0.3) is 11.3 Å². The standard InChI is InChI=1S/C15H16O4/c1-4-18-15(16)13-9-10(2)19-14(13)11-5-7-12(17-3)8-6-11/h5-9H,4H2,1-3H3. The number of benzene rings is 1. The molecule has 0 unspecified atom stereocenters. The summed E-state index contributed by atoms with van der Waals surface area (Å²) in [5.74, 6) is 1.59. The predicted octanol–water partition coefficient (Wildman–Crippen LogP) is 3.44. The topological polar surface area (TPSA) is 48.7 Å². The molecule has 2 aromatic rings. The SMILES string of the molecule is CCOC(=O)c1cc(C)oc1-c1ccc(OC)cc1. The maximum Gasteiger partial charge on any atom is 0.342 e. The third kappa shape index (κ3) is 2.78. The molecule has 0 atom stereocenters. The molecule has 1 heterocycles. The van der Waals surface area contributed by atoms with E-state index in [1.165, 1.54) is 0 Å². The van der Waals surface area contributed by atoms with Gasteiger partial charge in [-0.25, -0.2) is 4.79 Å². The van der Waals surface area contributed by atoms with Gasteiger partial charge in [-0.1, -0.05) is 0 Å². The Balaban J connectivity index is 2.40. The van der Waals surface area contributed by atoms with Crippen LogP contribution in [0.2, 0.25) is 0 Å². The van der Waals surface area contributed by atoms with E-state index in [0.29, 0.717) is 23.7 Å². The molecule has 0 aliphatic carbocycles. The van der Waals surface area contributed by atoms with Gasteiger partial charge in [0.05, 0.1) is 13.7 Å². The van der Waals surface area contributed by atoms with E-state index in [1.54, 1.807) is 27.0 Å². The molecule has 4 heteroatoms. The Hall–Kier alpha value is -2.23. The highest BCUT2D eigenvalue weighted by Gasteiger charge is 2.19. The van der Waals surface area contributed by atoms with E-state index >= 15 is 0 Å². The predicted molar refractivity (Wildman–Crippen MR) is 71.4 cm³/mol. The molecule has 1 aromatic heterocycles. The lowest BCUT2D eigenvalue weighted by Crippen LogP contribution is -2.04. The van der Waals surface area contributed by atoms with E-state index in [1.807, 2.05) is 24.3 Å². The van der Waals surface area contributed by atoms with Crippen molar-refractivity contribution in [3.63, 3.8) is 0 Å². The third-order valence-corrected chi connectivity index (χ3v) is 2.70. The number of carbonyl (C=O) groups excluding carboxylic acids is 1. The van der Waals surface area contributed by atoms with Crippen molar-refractivity contribution in [3.8, 4) is 17.1 Å². The van der Waals surface area contributed by atoms with Gasteiger partial charge in [-0.15, -0.1) is 0 Å². The Morgan fingerprint density at radius 1 is 1.26 bits per heavy atom. The maximum absolute atomic E-state index is 11.9. The molecule has 0 radical (unpaired) electrons. The fourth-order valence-corrected chi connectivity index (χ4v) is 1.83. The van der Waals surface area contributed by atoms with Crippen LogP contribution in [0.3, 0.4) is 0 Å². The minimum Gasteiger partial charge on any atom is -0.497 e. The molecule has 19 heavy (non-hydrogen) atoms. The van der Waals surface area contributed by atoms with Crippen LogP contribution in [-0.4, -0.2) is 19.7 Å². The minimum absolute atomic E-state index is 0.338. The van der Waals surface area contributed by atoms with E-state index in [9.17, 15) is 4.79 Å². The number of aryl methyl sites for hydroxylation is 1. The number of furan rings is 1. The molecule has 0 saturated carbocycles.